The topological polar surface area (TPSA) is 62.1 Å². The fourth-order valence-electron chi connectivity index (χ4n) is 3.80. The van der Waals surface area contributed by atoms with Crippen LogP contribution in [-0.4, -0.2) is 33.5 Å². The van der Waals surface area contributed by atoms with Crippen molar-refractivity contribution in [2.75, 3.05) is 13.7 Å². The summed E-state index contributed by atoms with van der Waals surface area (Å²) >= 11 is 0. The molecular weight excluding hydrogens is 445 g/mol. The molecule has 0 aliphatic rings. The summed E-state index contributed by atoms with van der Waals surface area (Å²) in [6, 6.07) is 14.6. The van der Waals surface area contributed by atoms with Crippen LogP contribution in [0.3, 0.4) is 0 Å². The molecule has 4 aromatic rings. The van der Waals surface area contributed by atoms with E-state index in [-0.39, 0.29) is 6.04 Å². The number of methoxy groups -OCH3 is 1. The van der Waals surface area contributed by atoms with Crippen molar-refractivity contribution in [2.24, 2.45) is 0 Å². The molecule has 1 unspecified atom stereocenters. The molecule has 9 heteroatoms. The molecule has 0 N–H and O–H groups in total. The molecule has 0 aliphatic carbocycles. The summed E-state index contributed by atoms with van der Waals surface area (Å²) in [5.41, 5.74) is 2.34. The van der Waals surface area contributed by atoms with E-state index in [9.17, 15) is 13.2 Å². The zero-order valence-corrected chi connectivity index (χ0v) is 19.1. The number of halogens is 3. The number of alkyl halides is 3. The fourth-order valence-corrected chi connectivity index (χ4v) is 3.80. The summed E-state index contributed by atoms with van der Waals surface area (Å²) in [6.07, 6.45) is -3.89. The predicted octanol–water partition coefficient (Wildman–Crippen LogP) is 5.53. The van der Waals surface area contributed by atoms with Gasteiger partial charge in [-0.3, -0.25) is 0 Å². The molecule has 0 bridgehead atoms. The van der Waals surface area contributed by atoms with Crippen molar-refractivity contribution >= 4 is 11.0 Å². The Morgan fingerprint density at radius 3 is 2.35 bits per heavy atom. The molecule has 0 radical (unpaired) electrons. The molecule has 34 heavy (non-hydrogen) atoms. The fraction of sp³-hybridized carbons (Fsp3) is 0.320. The SMILES string of the molecule is COc1nc(C)nc2c1c(CCOCc1ccccc1)nn2C(C)c1ccc(C(F)(F)F)cc1. The monoisotopic (exact) mass is 470 g/mol. The number of rotatable bonds is 8. The van der Waals surface area contributed by atoms with E-state index in [0.717, 1.165) is 17.7 Å². The maximum atomic E-state index is 13.0. The van der Waals surface area contributed by atoms with Gasteiger partial charge in [0.25, 0.3) is 0 Å². The molecule has 0 fully saturated rings. The Morgan fingerprint density at radius 1 is 1.00 bits per heavy atom. The molecular formula is C25H25F3N4O2. The van der Waals surface area contributed by atoms with Gasteiger partial charge in [0, 0.05) is 6.42 Å². The van der Waals surface area contributed by atoms with E-state index in [1.54, 1.807) is 11.6 Å². The summed E-state index contributed by atoms with van der Waals surface area (Å²) < 4.78 is 52.0. The largest absolute Gasteiger partial charge is 0.480 e. The maximum absolute atomic E-state index is 13.0. The van der Waals surface area contributed by atoms with E-state index in [2.05, 4.69) is 9.97 Å². The molecule has 0 saturated carbocycles. The van der Waals surface area contributed by atoms with Crippen LogP contribution >= 0.6 is 0 Å². The van der Waals surface area contributed by atoms with Crippen LogP contribution < -0.4 is 4.74 Å². The van der Waals surface area contributed by atoms with Crippen LogP contribution in [0.4, 0.5) is 13.2 Å². The van der Waals surface area contributed by atoms with Crippen LogP contribution in [0, 0.1) is 6.92 Å². The highest BCUT2D eigenvalue weighted by molar-refractivity contribution is 5.84. The van der Waals surface area contributed by atoms with Crippen molar-refractivity contribution in [3.05, 3.63) is 82.8 Å². The first-order chi connectivity index (χ1) is 16.3. The number of hydrogen-bond donors (Lipinski definition) is 0. The van der Waals surface area contributed by atoms with Gasteiger partial charge in [0.2, 0.25) is 5.88 Å². The van der Waals surface area contributed by atoms with E-state index >= 15 is 0 Å². The molecule has 2 aromatic carbocycles. The second-order valence-electron chi connectivity index (χ2n) is 7.95. The Balaban J connectivity index is 1.63. The molecule has 2 aromatic heterocycles. The van der Waals surface area contributed by atoms with Crippen molar-refractivity contribution < 1.29 is 22.6 Å². The van der Waals surface area contributed by atoms with E-state index in [1.165, 1.54) is 19.2 Å². The van der Waals surface area contributed by atoms with Gasteiger partial charge in [0.05, 0.1) is 37.6 Å². The van der Waals surface area contributed by atoms with Crippen LogP contribution in [0.5, 0.6) is 5.88 Å². The van der Waals surface area contributed by atoms with Crippen molar-refractivity contribution in [3.63, 3.8) is 0 Å². The van der Waals surface area contributed by atoms with Crippen LogP contribution in [0.25, 0.3) is 11.0 Å². The van der Waals surface area contributed by atoms with Crippen molar-refractivity contribution in [2.45, 2.75) is 39.1 Å². The van der Waals surface area contributed by atoms with Gasteiger partial charge < -0.3 is 9.47 Å². The van der Waals surface area contributed by atoms with Gasteiger partial charge in [-0.2, -0.15) is 23.3 Å². The Kier molecular flexibility index (Phi) is 6.83. The summed E-state index contributed by atoms with van der Waals surface area (Å²) in [4.78, 5) is 8.96. The lowest BCUT2D eigenvalue weighted by Crippen LogP contribution is -2.11. The molecule has 4 rings (SSSR count). The van der Waals surface area contributed by atoms with E-state index in [0.29, 0.717) is 53.6 Å². The third-order valence-corrected chi connectivity index (χ3v) is 5.58. The lowest BCUT2D eigenvalue weighted by Gasteiger charge is -2.15. The minimum absolute atomic E-state index is 0.359. The van der Waals surface area contributed by atoms with E-state index < -0.39 is 11.7 Å². The molecule has 0 aliphatic heterocycles. The second kappa shape index (κ2) is 9.80. The van der Waals surface area contributed by atoms with Gasteiger partial charge in [0.1, 0.15) is 11.2 Å². The highest BCUT2D eigenvalue weighted by Crippen LogP contribution is 2.33. The van der Waals surface area contributed by atoms with Gasteiger partial charge in [-0.25, -0.2) is 9.67 Å². The third-order valence-electron chi connectivity index (χ3n) is 5.58. The van der Waals surface area contributed by atoms with E-state index in [1.807, 2.05) is 37.3 Å². The van der Waals surface area contributed by atoms with Gasteiger partial charge in [0.15, 0.2) is 5.65 Å². The summed E-state index contributed by atoms with van der Waals surface area (Å²) in [6.45, 7) is 4.53. The highest BCUT2D eigenvalue weighted by Gasteiger charge is 2.30. The van der Waals surface area contributed by atoms with Gasteiger partial charge in [-0.1, -0.05) is 42.5 Å². The Bertz CT molecular complexity index is 1260. The van der Waals surface area contributed by atoms with Crippen LogP contribution in [0.15, 0.2) is 54.6 Å². The zero-order chi connectivity index (χ0) is 24.3. The summed E-state index contributed by atoms with van der Waals surface area (Å²) in [5.74, 6) is 0.920. The van der Waals surface area contributed by atoms with Gasteiger partial charge in [-0.15, -0.1) is 0 Å². The number of aromatic nitrogens is 4. The average Bonchev–Trinajstić information content (AvgIpc) is 3.19. The molecule has 0 amide bonds. The quantitative estimate of drug-likeness (QED) is 0.317. The number of benzene rings is 2. The maximum Gasteiger partial charge on any atom is 0.416 e. The van der Waals surface area contributed by atoms with Crippen molar-refractivity contribution in [1.82, 2.24) is 19.7 Å². The molecule has 0 saturated heterocycles. The number of hydrogen-bond acceptors (Lipinski definition) is 5. The standard InChI is InChI=1S/C25H25F3N4O2/c1-16(19-9-11-20(12-10-19)25(26,27)28)32-23-22(24(33-3)30-17(2)29-23)21(31-32)13-14-34-15-18-7-5-4-6-8-18/h4-12,16H,13-15H2,1-3H3. The third kappa shape index (κ3) is 5.04. The first-order valence-corrected chi connectivity index (χ1v) is 10.9. The number of ether oxygens (including phenoxy) is 2. The van der Waals surface area contributed by atoms with Gasteiger partial charge in [-0.05, 0) is 37.1 Å². The van der Waals surface area contributed by atoms with Gasteiger partial charge >= 0.3 is 6.18 Å². The zero-order valence-electron chi connectivity index (χ0n) is 19.1. The number of fused-ring (bicyclic) bond motifs is 1. The smallest absolute Gasteiger partial charge is 0.416 e. The van der Waals surface area contributed by atoms with Crippen molar-refractivity contribution in [1.29, 1.82) is 0 Å². The highest BCUT2D eigenvalue weighted by atomic mass is 19.4. The lowest BCUT2D eigenvalue weighted by molar-refractivity contribution is -0.137. The minimum Gasteiger partial charge on any atom is -0.480 e. The van der Waals surface area contributed by atoms with Crippen LogP contribution in [0.1, 0.15) is 41.2 Å². The lowest BCUT2D eigenvalue weighted by atomic mass is 10.1. The average molecular weight is 470 g/mol. The summed E-state index contributed by atoms with van der Waals surface area (Å²) in [5, 5.41) is 5.44. The Labute approximate surface area is 195 Å². The van der Waals surface area contributed by atoms with E-state index in [4.69, 9.17) is 14.6 Å². The number of aryl methyl sites for hydroxylation is 1. The molecule has 178 valence electrons. The normalized spacial score (nSPS) is 12.8. The van der Waals surface area contributed by atoms with Crippen LogP contribution in [0.2, 0.25) is 0 Å². The second-order valence-corrected chi connectivity index (χ2v) is 7.95. The molecule has 0 spiro atoms. The molecule has 2 heterocycles. The number of nitrogens with zero attached hydrogens (tertiary/aromatic N) is 4. The minimum atomic E-state index is -4.38. The Hall–Kier alpha value is -3.46. The summed E-state index contributed by atoms with van der Waals surface area (Å²) in [7, 11) is 1.54. The predicted molar refractivity (Wildman–Crippen MR) is 122 cm³/mol. The van der Waals surface area contributed by atoms with Crippen molar-refractivity contribution in [3.8, 4) is 5.88 Å². The van der Waals surface area contributed by atoms with Crippen LogP contribution in [-0.2, 0) is 23.9 Å². The Morgan fingerprint density at radius 2 is 1.71 bits per heavy atom. The molecule has 6 nitrogen and oxygen atoms in total. The first-order valence-electron chi connectivity index (χ1n) is 10.9. The first kappa shape index (κ1) is 23.7. The molecule has 1 atom stereocenters.